The summed E-state index contributed by atoms with van der Waals surface area (Å²) in [5.41, 5.74) is 4.29. The van der Waals surface area contributed by atoms with Crippen LogP contribution in [0.3, 0.4) is 0 Å². The van der Waals surface area contributed by atoms with Crippen molar-refractivity contribution < 1.29 is 9.53 Å². The first-order valence-electron chi connectivity index (χ1n) is 7.84. The molecule has 0 radical (unpaired) electrons. The lowest BCUT2D eigenvalue weighted by Gasteiger charge is -2.27. The lowest BCUT2D eigenvalue weighted by molar-refractivity contribution is 0.0416. The molecule has 0 N–H and O–H groups in total. The molecule has 1 unspecified atom stereocenters. The van der Waals surface area contributed by atoms with E-state index in [2.05, 4.69) is 24.0 Å². The van der Waals surface area contributed by atoms with Gasteiger partial charge in [0.25, 0.3) is 0 Å². The average Bonchev–Trinajstić information content (AvgIpc) is 2.38. The van der Waals surface area contributed by atoms with E-state index in [1.54, 1.807) is 0 Å². The molecule has 1 heterocycles. The zero-order valence-corrected chi connectivity index (χ0v) is 13.7. The molecule has 116 valence electrons. The van der Waals surface area contributed by atoms with Crippen LogP contribution in [0.1, 0.15) is 39.9 Å². The first-order chi connectivity index (χ1) is 9.97. The van der Waals surface area contributed by atoms with Crippen LogP contribution in [0.4, 0.5) is 0 Å². The summed E-state index contributed by atoms with van der Waals surface area (Å²) in [6.45, 7) is 9.28. The van der Waals surface area contributed by atoms with Crippen LogP contribution in [0.5, 0.6) is 0 Å². The molecule has 3 heteroatoms. The number of carbonyl (C=O) groups excluding carboxylic acids is 1. The second-order valence-corrected chi connectivity index (χ2v) is 6.48. The second kappa shape index (κ2) is 7.19. The number of ether oxygens (including phenoxy) is 1. The molecular formula is C18H27NO2. The first kappa shape index (κ1) is 16.2. The van der Waals surface area contributed by atoms with Gasteiger partial charge in [-0.2, -0.15) is 0 Å². The molecule has 0 saturated carbocycles. The quantitative estimate of drug-likeness (QED) is 0.780. The zero-order valence-electron chi connectivity index (χ0n) is 13.7. The van der Waals surface area contributed by atoms with Gasteiger partial charge in [-0.1, -0.05) is 17.7 Å². The minimum atomic E-state index is 0.226. The SMILES string of the molecule is Cc1cc(C)c(C(=O)CN(C)CC2CCCOC2)c(C)c1. The van der Waals surface area contributed by atoms with Crippen molar-refractivity contribution in [2.45, 2.75) is 33.6 Å². The maximum absolute atomic E-state index is 12.6. The molecule has 3 nitrogen and oxygen atoms in total. The fraction of sp³-hybridized carbons (Fsp3) is 0.611. The van der Waals surface area contributed by atoms with E-state index in [0.29, 0.717) is 12.5 Å². The van der Waals surface area contributed by atoms with E-state index in [1.165, 1.54) is 12.0 Å². The molecular weight excluding hydrogens is 262 g/mol. The van der Waals surface area contributed by atoms with E-state index in [-0.39, 0.29) is 5.78 Å². The number of ketones is 1. The van der Waals surface area contributed by atoms with Crippen molar-refractivity contribution in [2.75, 3.05) is 33.4 Å². The van der Waals surface area contributed by atoms with Crippen LogP contribution in [-0.2, 0) is 4.74 Å². The van der Waals surface area contributed by atoms with E-state index in [4.69, 9.17) is 4.74 Å². The second-order valence-electron chi connectivity index (χ2n) is 6.48. The van der Waals surface area contributed by atoms with E-state index in [0.717, 1.165) is 42.9 Å². The Morgan fingerprint density at radius 3 is 2.52 bits per heavy atom. The fourth-order valence-electron chi connectivity index (χ4n) is 3.40. The Morgan fingerprint density at radius 2 is 1.95 bits per heavy atom. The number of hydrogen-bond donors (Lipinski definition) is 0. The number of rotatable bonds is 5. The number of benzene rings is 1. The van der Waals surface area contributed by atoms with Crippen molar-refractivity contribution in [1.29, 1.82) is 0 Å². The third-order valence-electron chi connectivity index (χ3n) is 4.19. The number of aryl methyl sites for hydroxylation is 3. The summed E-state index contributed by atoms with van der Waals surface area (Å²) < 4.78 is 5.51. The van der Waals surface area contributed by atoms with Crippen LogP contribution in [0.25, 0.3) is 0 Å². The van der Waals surface area contributed by atoms with E-state index in [1.807, 2.05) is 20.9 Å². The third kappa shape index (κ3) is 4.39. The van der Waals surface area contributed by atoms with Crippen LogP contribution in [-0.4, -0.2) is 44.0 Å². The minimum Gasteiger partial charge on any atom is -0.381 e. The van der Waals surface area contributed by atoms with E-state index >= 15 is 0 Å². The van der Waals surface area contributed by atoms with Crippen LogP contribution >= 0.6 is 0 Å². The summed E-state index contributed by atoms with van der Waals surface area (Å²) >= 11 is 0. The predicted octanol–water partition coefficient (Wildman–Crippen LogP) is 3.15. The zero-order chi connectivity index (χ0) is 15.4. The first-order valence-corrected chi connectivity index (χ1v) is 7.84. The Hall–Kier alpha value is -1.19. The number of likely N-dealkylation sites (N-methyl/N-ethyl adjacent to an activating group) is 1. The Morgan fingerprint density at radius 1 is 1.29 bits per heavy atom. The largest absolute Gasteiger partial charge is 0.381 e. The van der Waals surface area contributed by atoms with Crippen molar-refractivity contribution >= 4 is 5.78 Å². The van der Waals surface area contributed by atoms with Gasteiger partial charge in [0.2, 0.25) is 0 Å². The molecule has 1 aliphatic rings. The number of nitrogens with zero attached hydrogens (tertiary/aromatic N) is 1. The smallest absolute Gasteiger partial charge is 0.177 e. The highest BCUT2D eigenvalue weighted by atomic mass is 16.5. The Kier molecular flexibility index (Phi) is 5.54. The standard InChI is InChI=1S/C18H27NO2/c1-13-8-14(2)18(15(3)9-13)17(20)11-19(4)10-16-6-5-7-21-12-16/h8-9,16H,5-7,10-12H2,1-4H3. The Labute approximate surface area is 128 Å². The maximum Gasteiger partial charge on any atom is 0.177 e. The topological polar surface area (TPSA) is 29.5 Å². The summed E-state index contributed by atoms with van der Waals surface area (Å²) in [6, 6.07) is 4.18. The van der Waals surface area contributed by atoms with Crippen molar-refractivity contribution in [2.24, 2.45) is 5.92 Å². The van der Waals surface area contributed by atoms with Crippen molar-refractivity contribution in [3.8, 4) is 0 Å². The molecule has 0 bridgehead atoms. The molecule has 1 fully saturated rings. The highest BCUT2D eigenvalue weighted by molar-refractivity contribution is 6.00. The number of carbonyl (C=O) groups is 1. The van der Waals surface area contributed by atoms with Crippen molar-refractivity contribution in [1.82, 2.24) is 4.90 Å². The molecule has 1 atom stereocenters. The third-order valence-corrected chi connectivity index (χ3v) is 4.19. The molecule has 21 heavy (non-hydrogen) atoms. The van der Waals surface area contributed by atoms with Gasteiger partial charge in [0.15, 0.2) is 5.78 Å². The van der Waals surface area contributed by atoms with E-state index < -0.39 is 0 Å². The van der Waals surface area contributed by atoms with Crippen LogP contribution in [0.15, 0.2) is 12.1 Å². The molecule has 0 spiro atoms. The fourth-order valence-corrected chi connectivity index (χ4v) is 3.40. The van der Waals surface area contributed by atoms with Gasteiger partial charge < -0.3 is 4.74 Å². The van der Waals surface area contributed by atoms with E-state index in [9.17, 15) is 4.79 Å². The van der Waals surface area contributed by atoms with Gasteiger partial charge in [0.1, 0.15) is 0 Å². The van der Waals surface area contributed by atoms with Gasteiger partial charge >= 0.3 is 0 Å². The molecule has 2 rings (SSSR count). The molecule has 0 aromatic heterocycles. The molecule has 0 aliphatic carbocycles. The van der Waals surface area contributed by atoms with Crippen molar-refractivity contribution in [3.05, 3.63) is 34.4 Å². The van der Waals surface area contributed by atoms with Gasteiger partial charge in [-0.05, 0) is 57.7 Å². The molecule has 0 amide bonds. The summed E-state index contributed by atoms with van der Waals surface area (Å²) in [5, 5.41) is 0. The molecule has 1 aliphatic heterocycles. The monoisotopic (exact) mass is 289 g/mol. The van der Waals surface area contributed by atoms with Gasteiger partial charge in [0, 0.05) is 18.7 Å². The highest BCUT2D eigenvalue weighted by Gasteiger charge is 2.19. The summed E-state index contributed by atoms with van der Waals surface area (Å²) in [6.07, 6.45) is 2.35. The highest BCUT2D eigenvalue weighted by Crippen LogP contribution is 2.18. The summed E-state index contributed by atoms with van der Waals surface area (Å²) in [4.78, 5) is 14.7. The molecule has 1 aromatic rings. The Balaban J connectivity index is 1.97. The van der Waals surface area contributed by atoms with Gasteiger partial charge in [-0.25, -0.2) is 0 Å². The van der Waals surface area contributed by atoms with Gasteiger partial charge in [-0.15, -0.1) is 0 Å². The average molecular weight is 289 g/mol. The molecule has 1 aromatic carbocycles. The summed E-state index contributed by atoms with van der Waals surface area (Å²) in [5.74, 6) is 0.793. The normalized spacial score (nSPS) is 19.0. The summed E-state index contributed by atoms with van der Waals surface area (Å²) in [7, 11) is 2.03. The number of Topliss-reactive ketones (excluding diaryl/α,β-unsaturated/α-hetero) is 1. The lowest BCUT2D eigenvalue weighted by Crippen LogP contribution is -2.34. The van der Waals surface area contributed by atoms with Crippen LogP contribution in [0.2, 0.25) is 0 Å². The number of hydrogen-bond acceptors (Lipinski definition) is 3. The van der Waals surface area contributed by atoms with Crippen LogP contribution < -0.4 is 0 Å². The maximum atomic E-state index is 12.6. The Bertz CT molecular complexity index is 481. The predicted molar refractivity (Wildman–Crippen MR) is 86.0 cm³/mol. The van der Waals surface area contributed by atoms with Gasteiger partial charge in [-0.3, -0.25) is 9.69 Å². The van der Waals surface area contributed by atoms with Crippen molar-refractivity contribution in [3.63, 3.8) is 0 Å². The van der Waals surface area contributed by atoms with Crippen LogP contribution in [0, 0.1) is 26.7 Å². The molecule has 1 saturated heterocycles. The van der Waals surface area contributed by atoms with Gasteiger partial charge in [0.05, 0.1) is 13.2 Å². The lowest BCUT2D eigenvalue weighted by atomic mass is 9.96. The minimum absolute atomic E-state index is 0.226.